The number of rotatable bonds is 2. The Bertz CT molecular complexity index is 1200. The molecule has 0 saturated carbocycles. The van der Waals surface area contributed by atoms with Crippen molar-refractivity contribution in [2.75, 3.05) is 0 Å². The molecule has 1 atom stereocenters. The Morgan fingerprint density at radius 3 is 2.96 bits per heavy atom. The standard InChI is InChI=1S/C20H18N4O3S/c1-12-4-5-16-21-13(9-17(25)23(16)10-12)11-24-18(26)20(22-19(24)27)7-2-3-15-14(20)6-8-28-15/h4-6,8-10H,2-3,7,11H2,1H3,(H,22,27). The number of aryl methyl sites for hydroxylation is 2. The zero-order chi connectivity index (χ0) is 19.5. The number of nitrogens with one attached hydrogen (secondary N) is 1. The molecule has 28 heavy (non-hydrogen) atoms. The van der Waals surface area contributed by atoms with Crippen LogP contribution in [0, 0.1) is 6.92 Å². The van der Waals surface area contributed by atoms with Crippen LogP contribution in [0.3, 0.4) is 0 Å². The molecule has 4 heterocycles. The predicted octanol–water partition coefficient (Wildman–Crippen LogP) is 2.35. The summed E-state index contributed by atoms with van der Waals surface area (Å²) in [6.45, 7) is 1.88. The number of carbonyl (C=O) groups excluding carboxylic acids is 2. The molecule has 8 heteroatoms. The first-order valence-corrected chi connectivity index (χ1v) is 10.1. The number of amides is 3. The van der Waals surface area contributed by atoms with E-state index in [1.54, 1.807) is 23.6 Å². The molecule has 3 amide bonds. The molecule has 1 aliphatic carbocycles. The molecule has 7 nitrogen and oxygen atoms in total. The predicted molar refractivity (Wildman–Crippen MR) is 104 cm³/mol. The van der Waals surface area contributed by atoms with Gasteiger partial charge in [0, 0.05) is 22.7 Å². The van der Waals surface area contributed by atoms with E-state index in [-0.39, 0.29) is 18.0 Å². The molecule has 142 valence electrons. The van der Waals surface area contributed by atoms with E-state index >= 15 is 0 Å². The van der Waals surface area contributed by atoms with Crippen molar-refractivity contribution >= 4 is 28.9 Å². The van der Waals surface area contributed by atoms with E-state index in [0.29, 0.717) is 17.8 Å². The van der Waals surface area contributed by atoms with Gasteiger partial charge in [-0.05, 0) is 49.3 Å². The van der Waals surface area contributed by atoms with E-state index in [1.165, 1.54) is 15.4 Å². The Morgan fingerprint density at radius 2 is 2.11 bits per heavy atom. The maximum absolute atomic E-state index is 13.3. The van der Waals surface area contributed by atoms with Crippen LogP contribution in [0.2, 0.25) is 0 Å². The molecular weight excluding hydrogens is 376 g/mol. The summed E-state index contributed by atoms with van der Waals surface area (Å²) in [6, 6.07) is 6.51. The van der Waals surface area contributed by atoms with Crippen LogP contribution in [0.25, 0.3) is 5.65 Å². The monoisotopic (exact) mass is 394 g/mol. The maximum atomic E-state index is 13.3. The van der Waals surface area contributed by atoms with E-state index in [4.69, 9.17) is 0 Å². The highest BCUT2D eigenvalue weighted by Gasteiger charge is 2.54. The number of carbonyl (C=O) groups is 2. The summed E-state index contributed by atoms with van der Waals surface area (Å²) in [4.78, 5) is 45.2. The molecule has 1 saturated heterocycles. The second kappa shape index (κ2) is 6.00. The highest BCUT2D eigenvalue weighted by atomic mass is 32.1. The zero-order valence-corrected chi connectivity index (χ0v) is 16.1. The topological polar surface area (TPSA) is 83.8 Å². The first-order chi connectivity index (χ1) is 13.5. The fourth-order valence-electron chi connectivity index (χ4n) is 4.19. The molecule has 1 N–H and O–H groups in total. The first kappa shape index (κ1) is 17.1. The van der Waals surface area contributed by atoms with Crippen LogP contribution in [0.5, 0.6) is 0 Å². The molecule has 2 aliphatic rings. The third-order valence-electron chi connectivity index (χ3n) is 5.52. The van der Waals surface area contributed by atoms with Gasteiger partial charge in [0.25, 0.3) is 11.5 Å². The van der Waals surface area contributed by atoms with Gasteiger partial charge in [-0.25, -0.2) is 9.78 Å². The van der Waals surface area contributed by atoms with Crippen molar-refractivity contribution in [3.8, 4) is 0 Å². The summed E-state index contributed by atoms with van der Waals surface area (Å²) in [5.74, 6) is -0.261. The molecule has 1 fully saturated rings. The second-order valence-electron chi connectivity index (χ2n) is 7.36. The smallest absolute Gasteiger partial charge is 0.319 e. The highest BCUT2D eigenvalue weighted by Crippen LogP contribution is 2.42. The van der Waals surface area contributed by atoms with E-state index in [2.05, 4.69) is 10.3 Å². The van der Waals surface area contributed by atoms with Crippen molar-refractivity contribution in [2.45, 2.75) is 38.3 Å². The van der Waals surface area contributed by atoms with Crippen molar-refractivity contribution in [2.24, 2.45) is 0 Å². The van der Waals surface area contributed by atoms with Crippen LogP contribution >= 0.6 is 11.3 Å². The van der Waals surface area contributed by atoms with Gasteiger partial charge in [0.2, 0.25) is 0 Å². The molecule has 0 aromatic carbocycles. The van der Waals surface area contributed by atoms with Gasteiger partial charge >= 0.3 is 6.03 Å². The average molecular weight is 394 g/mol. The van der Waals surface area contributed by atoms with Crippen LogP contribution in [-0.4, -0.2) is 26.2 Å². The normalized spacial score (nSPS) is 21.4. The van der Waals surface area contributed by atoms with Gasteiger partial charge in [-0.15, -0.1) is 11.3 Å². The van der Waals surface area contributed by atoms with Crippen molar-refractivity contribution in [1.29, 1.82) is 0 Å². The Hall–Kier alpha value is -3.00. The summed E-state index contributed by atoms with van der Waals surface area (Å²) < 4.78 is 1.46. The maximum Gasteiger partial charge on any atom is 0.325 e. The molecular formula is C20H18N4O3S. The highest BCUT2D eigenvalue weighted by molar-refractivity contribution is 7.10. The fraction of sp³-hybridized carbons (Fsp3) is 0.300. The third-order valence-corrected chi connectivity index (χ3v) is 6.50. The van der Waals surface area contributed by atoms with Crippen LogP contribution < -0.4 is 10.9 Å². The van der Waals surface area contributed by atoms with Gasteiger partial charge in [-0.3, -0.25) is 18.9 Å². The summed E-state index contributed by atoms with van der Waals surface area (Å²) in [5.41, 5.74) is 1.54. The number of nitrogens with zero attached hydrogens (tertiary/aromatic N) is 3. The largest absolute Gasteiger partial charge is 0.325 e. The minimum Gasteiger partial charge on any atom is -0.319 e. The van der Waals surface area contributed by atoms with Crippen molar-refractivity contribution in [1.82, 2.24) is 19.6 Å². The van der Waals surface area contributed by atoms with E-state index < -0.39 is 11.6 Å². The van der Waals surface area contributed by atoms with Crippen LogP contribution in [0.4, 0.5) is 4.79 Å². The third kappa shape index (κ3) is 2.41. The van der Waals surface area contributed by atoms with Gasteiger partial charge in [-0.1, -0.05) is 6.07 Å². The van der Waals surface area contributed by atoms with Gasteiger partial charge in [0.15, 0.2) is 0 Å². The summed E-state index contributed by atoms with van der Waals surface area (Å²) in [7, 11) is 0. The Kier molecular flexibility index (Phi) is 3.67. The van der Waals surface area contributed by atoms with E-state index in [1.807, 2.05) is 24.4 Å². The average Bonchev–Trinajstić information content (AvgIpc) is 3.23. The Balaban J connectivity index is 1.51. The van der Waals surface area contributed by atoms with Gasteiger partial charge in [-0.2, -0.15) is 0 Å². The van der Waals surface area contributed by atoms with E-state index in [9.17, 15) is 14.4 Å². The SMILES string of the molecule is Cc1ccc2nc(CN3C(=O)NC4(CCCc5sccc54)C3=O)cc(=O)n2c1. The van der Waals surface area contributed by atoms with Crippen LogP contribution in [0.15, 0.2) is 40.6 Å². The van der Waals surface area contributed by atoms with Gasteiger partial charge in [0.1, 0.15) is 11.2 Å². The lowest BCUT2D eigenvalue weighted by Crippen LogP contribution is -2.46. The van der Waals surface area contributed by atoms with Crippen molar-refractivity contribution < 1.29 is 9.59 Å². The van der Waals surface area contributed by atoms with Gasteiger partial charge in [0.05, 0.1) is 12.2 Å². The summed E-state index contributed by atoms with van der Waals surface area (Å²) >= 11 is 1.62. The molecule has 3 aromatic heterocycles. The number of pyridine rings is 1. The molecule has 1 aliphatic heterocycles. The molecule has 5 rings (SSSR count). The number of hydrogen-bond acceptors (Lipinski definition) is 5. The van der Waals surface area contributed by atoms with Crippen LogP contribution in [-0.2, 0) is 23.3 Å². The number of aromatic nitrogens is 2. The molecule has 0 bridgehead atoms. The summed E-state index contributed by atoms with van der Waals surface area (Å²) in [6.07, 6.45) is 4.09. The Labute approximate surface area is 164 Å². The number of thiophene rings is 1. The van der Waals surface area contributed by atoms with Crippen molar-refractivity contribution in [3.05, 3.63) is 67.9 Å². The fourth-order valence-corrected chi connectivity index (χ4v) is 5.19. The lowest BCUT2D eigenvalue weighted by atomic mass is 9.80. The van der Waals surface area contributed by atoms with Crippen LogP contribution in [0.1, 0.15) is 34.5 Å². The number of hydrogen-bond donors (Lipinski definition) is 1. The summed E-state index contributed by atoms with van der Waals surface area (Å²) in [5, 5.41) is 4.89. The van der Waals surface area contributed by atoms with Gasteiger partial charge < -0.3 is 5.32 Å². The molecule has 3 aromatic rings. The molecule has 1 unspecified atom stereocenters. The lowest BCUT2D eigenvalue weighted by molar-refractivity contribution is -0.132. The lowest BCUT2D eigenvalue weighted by Gasteiger charge is -2.31. The molecule has 0 radical (unpaired) electrons. The minimum absolute atomic E-state index is 0.0223. The number of urea groups is 1. The van der Waals surface area contributed by atoms with Crippen molar-refractivity contribution in [3.63, 3.8) is 0 Å². The first-order valence-electron chi connectivity index (χ1n) is 9.18. The number of fused-ring (bicyclic) bond motifs is 3. The Morgan fingerprint density at radius 1 is 1.25 bits per heavy atom. The minimum atomic E-state index is -0.979. The van der Waals surface area contributed by atoms with E-state index in [0.717, 1.165) is 28.8 Å². The zero-order valence-electron chi connectivity index (χ0n) is 15.3. The quantitative estimate of drug-likeness (QED) is 0.677. The second-order valence-corrected chi connectivity index (χ2v) is 8.36. The number of imide groups is 1. The molecule has 1 spiro atoms.